The van der Waals surface area contributed by atoms with Gasteiger partial charge in [-0.05, 0) is 56.9 Å². The van der Waals surface area contributed by atoms with Crippen LogP contribution in [-0.2, 0) is 4.79 Å². The largest absolute Gasteiger partial charge is 0.336 e. The molecule has 5 nitrogen and oxygen atoms in total. The zero-order valence-corrected chi connectivity index (χ0v) is 13.8. The van der Waals surface area contributed by atoms with Gasteiger partial charge in [-0.15, -0.1) is 0 Å². The number of anilines is 1. The molecule has 0 spiro atoms. The molecule has 0 aromatic heterocycles. The van der Waals surface area contributed by atoms with Gasteiger partial charge < -0.3 is 15.5 Å². The molecule has 1 heterocycles. The smallest absolute Gasteiger partial charge is 0.315 e. The second-order valence-corrected chi connectivity index (χ2v) is 6.10. The number of carbonyl (C=O) groups excluding carboxylic acids is 2. The fourth-order valence-corrected chi connectivity index (χ4v) is 2.70. The van der Waals surface area contributed by atoms with Gasteiger partial charge in [0.25, 0.3) is 0 Å². The first-order chi connectivity index (χ1) is 10.4. The van der Waals surface area contributed by atoms with Crippen molar-refractivity contribution in [3.8, 4) is 0 Å². The first kappa shape index (κ1) is 16.3. The maximum Gasteiger partial charge on any atom is 0.315 e. The number of rotatable bonds is 4. The van der Waals surface area contributed by atoms with Crippen molar-refractivity contribution in [3.05, 3.63) is 29.3 Å². The number of nitrogens with one attached hydrogen (secondary N) is 2. The second-order valence-electron chi connectivity index (χ2n) is 6.10. The summed E-state index contributed by atoms with van der Waals surface area (Å²) in [6.07, 6.45) is 1.50. The third-order valence-corrected chi connectivity index (χ3v) is 4.02. The summed E-state index contributed by atoms with van der Waals surface area (Å²) in [5.41, 5.74) is 3.18. The molecular formula is C17H25N3O2. The van der Waals surface area contributed by atoms with Gasteiger partial charge in [0.05, 0.1) is 0 Å². The summed E-state index contributed by atoms with van der Waals surface area (Å²) < 4.78 is 0. The Morgan fingerprint density at radius 1 is 1.32 bits per heavy atom. The molecule has 0 radical (unpaired) electrons. The van der Waals surface area contributed by atoms with Gasteiger partial charge in [-0.2, -0.15) is 0 Å². The maximum absolute atomic E-state index is 12.5. The summed E-state index contributed by atoms with van der Waals surface area (Å²) >= 11 is 0. The molecule has 0 aliphatic carbocycles. The van der Waals surface area contributed by atoms with Crippen LogP contribution in [-0.4, -0.2) is 30.6 Å². The quantitative estimate of drug-likeness (QED) is 0.898. The summed E-state index contributed by atoms with van der Waals surface area (Å²) in [5.74, 6) is -0.0377. The van der Waals surface area contributed by atoms with Crippen molar-refractivity contribution in [2.75, 3.05) is 11.4 Å². The van der Waals surface area contributed by atoms with E-state index in [-0.39, 0.29) is 18.0 Å². The molecule has 2 atom stereocenters. The van der Waals surface area contributed by atoms with Gasteiger partial charge in [0.15, 0.2) is 0 Å². The maximum atomic E-state index is 12.5. The molecular weight excluding hydrogens is 278 g/mol. The molecule has 2 N–H and O–H groups in total. The number of urea groups is 1. The summed E-state index contributed by atoms with van der Waals surface area (Å²) in [7, 11) is 0. The van der Waals surface area contributed by atoms with Crippen molar-refractivity contribution in [2.45, 2.75) is 52.6 Å². The van der Waals surface area contributed by atoms with E-state index in [0.29, 0.717) is 13.0 Å². The highest BCUT2D eigenvalue weighted by atomic mass is 16.2. The number of hydrogen-bond donors (Lipinski definition) is 2. The Balaban J connectivity index is 2.02. The average molecular weight is 303 g/mol. The summed E-state index contributed by atoms with van der Waals surface area (Å²) in [5, 5.41) is 5.61. The highest BCUT2D eigenvalue weighted by molar-refractivity contribution is 6.01. The minimum atomic E-state index is -0.440. The first-order valence-corrected chi connectivity index (χ1v) is 7.87. The molecule has 5 heteroatoms. The van der Waals surface area contributed by atoms with Crippen molar-refractivity contribution < 1.29 is 9.59 Å². The van der Waals surface area contributed by atoms with Crippen LogP contribution in [0.5, 0.6) is 0 Å². The van der Waals surface area contributed by atoms with E-state index in [1.54, 1.807) is 4.90 Å². The lowest BCUT2D eigenvalue weighted by molar-refractivity contribution is -0.118. The predicted molar refractivity (Wildman–Crippen MR) is 88.1 cm³/mol. The van der Waals surface area contributed by atoms with Crippen LogP contribution in [0.25, 0.3) is 0 Å². The SMILES string of the molecule is CC[C@@H](C)NC(=O)N[C@H]1CCN(c2cc(C)cc(C)c2)C1=O. The fraction of sp³-hybridized carbons (Fsp3) is 0.529. The zero-order valence-electron chi connectivity index (χ0n) is 13.8. The van der Waals surface area contributed by atoms with E-state index < -0.39 is 6.04 Å². The lowest BCUT2D eigenvalue weighted by Crippen LogP contribution is -2.48. The molecule has 3 amide bonds. The Hall–Kier alpha value is -2.04. The summed E-state index contributed by atoms with van der Waals surface area (Å²) in [4.78, 5) is 26.1. The van der Waals surface area contributed by atoms with Gasteiger partial charge in [-0.1, -0.05) is 13.0 Å². The van der Waals surface area contributed by atoms with Gasteiger partial charge >= 0.3 is 6.03 Å². The molecule has 1 aromatic carbocycles. The van der Waals surface area contributed by atoms with Crippen LogP contribution in [0.2, 0.25) is 0 Å². The van der Waals surface area contributed by atoms with E-state index in [0.717, 1.165) is 23.2 Å². The Morgan fingerprint density at radius 2 is 1.95 bits per heavy atom. The Kier molecular flexibility index (Phi) is 5.06. The van der Waals surface area contributed by atoms with Gasteiger partial charge in [-0.25, -0.2) is 4.79 Å². The molecule has 1 saturated heterocycles. The minimum absolute atomic E-state index is 0.0377. The third-order valence-electron chi connectivity index (χ3n) is 4.02. The van der Waals surface area contributed by atoms with Crippen molar-refractivity contribution in [1.82, 2.24) is 10.6 Å². The Labute approximate surface area is 132 Å². The standard InChI is InChI=1S/C17H25N3O2/c1-5-13(4)18-17(22)19-15-6-7-20(16(15)21)14-9-11(2)8-12(3)10-14/h8-10,13,15H,5-7H2,1-4H3,(H2,18,19,22)/t13-,15+/m1/s1. The zero-order chi connectivity index (χ0) is 16.3. The van der Waals surface area contributed by atoms with Crippen LogP contribution in [0.3, 0.4) is 0 Å². The van der Waals surface area contributed by atoms with Gasteiger partial charge in [0, 0.05) is 18.3 Å². The number of hydrogen-bond acceptors (Lipinski definition) is 2. The molecule has 0 unspecified atom stereocenters. The third kappa shape index (κ3) is 3.78. The van der Waals surface area contributed by atoms with E-state index >= 15 is 0 Å². The van der Waals surface area contributed by atoms with Crippen LogP contribution in [0, 0.1) is 13.8 Å². The Morgan fingerprint density at radius 3 is 2.55 bits per heavy atom. The topological polar surface area (TPSA) is 61.4 Å². The van der Waals surface area contributed by atoms with Crippen molar-refractivity contribution in [2.24, 2.45) is 0 Å². The lowest BCUT2D eigenvalue weighted by atomic mass is 10.1. The first-order valence-electron chi connectivity index (χ1n) is 7.87. The predicted octanol–water partition coefficient (Wildman–Crippen LogP) is 2.51. The Bertz CT molecular complexity index is 551. The van der Waals surface area contributed by atoms with Crippen molar-refractivity contribution in [3.63, 3.8) is 0 Å². The number of nitrogens with zero attached hydrogens (tertiary/aromatic N) is 1. The number of amides is 3. The lowest BCUT2D eigenvalue weighted by Gasteiger charge is -2.19. The molecule has 120 valence electrons. The summed E-state index contributed by atoms with van der Waals surface area (Å²) in [6, 6.07) is 5.49. The van der Waals surface area contributed by atoms with Gasteiger partial charge in [0.1, 0.15) is 6.04 Å². The van der Waals surface area contributed by atoms with E-state index in [2.05, 4.69) is 16.7 Å². The number of benzene rings is 1. The van der Waals surface area contributed by atoms with Crippen molar-refractivity contribution in [1.29, 1.82) is 0 Å². The van der Waals surface area contributed by atoms with Gasteiger partial charge in [0.2, 0.25) is 5.91 Å². The normalized spacial score (nSPS) is 19.2. The highest BCUT2D eigenvalue weighted by Crippen LogP contribution is 2.24. The van der Waals surface area contributed by atoms with Gasteiger partial charge in [-0.3, -0.25) is 4.79 Å². The second kappa shape index (κ2) is 6.81. The molecule has 1 aromatic rings. The molecule has 22 heavy (non-hydrogen) atoms. The van der Waals surface area contributed by atoms with Crippen LogP contribution in [0.4, 0.5) is 10.5 Å². The van der Waals surface area contributed by atoms with Crippen LogP contribution >= 0.6 is 0 Å². The van der Waals surface area contributed by atoms with E-state index in [9.17, 15) is 9.59 Å². The van der Waals surface area contributed by atoms with E-state index in [1.165, 1.54) is 0 Å². The van der Waals surface area contributed by atoms with Crippen LogP contribution in [0.1, 0.15) is 37.8 Å². The average Bonchev–Trinajstić information content (AvgIpc) is 2.79. The molecule has 2 rings (SSSR count). The van der Waals surface area contributed by atoms with Crippen LogP contribution in [0.15, 0.2) is 18.2 Å². The van der Waals surface area contributed by atoms with Crippen LogP contribution < -0.4 is 15.5 Å². The number of carbonyl (C=O) groups is 2. The monoisotopic (exact) mass is 303 g/mol. The molecule has 0 bridgehead atoms. The fourth-order valence-electron chi connectivity index (χ4n) is 2.70. The number of aryl methyl sites for hydroxylation is 2. The van der Waals surface area contributed by atoms with E-state index in [4.69, 9.17) is 0 Å². The van der Waals surface area contributed by atoms with E-state index in [1.807, 2.05) is 39.8 Å². The summed E-state index contributed by atoms with van der Waals surface area (Å²) in [6.45, 7) is 8.63. The minimum Gasteiger partial charge on any atom is -0.336 e. The highest BCUT2D eigenvalue weighted by Gasteiger charge is 2.33. The van der Waals surface area contributed by atoms with Crippen molar-refractivity contribution >= 4 is 17.6 Å². The molecule has 0 saturated carbocycles. The molecule has 1 fully saturated rings. The molecule has 1 aliphatic rings. The molecule has 1 aliphatic heterocycles.